The number of likely N-dealkylation sites (tertiary alicyclic amines) is 1. The van der Waals surface area contributed by atoms with Gasteiger partial charge < -0.3 is 20.1 Å². The SMILES string of the molecule is CCNC(=NCc1cccc(OC)c1OC)NC1CCN(CC(F)(F)F)C1.I. The Bertz CT molecular complexity index is 644. The summed E-state index contributed by atoms with van der Waals surface area (Å²) in [6.45, 7) is 2.83. The summed E-state index contributed by atoms with van der Waals surface area (Å²) in [4.78, 5) is 5.96. The van der Waals surface area contributed by atoms with Gasteiger partial charge in [-0.05, 0) is 19.4 Å². The summed E-state index contributed by atoms with van der Waals surface area (Å²) in [5, 5.41) is 6.36. The second-order valence-corrected chi connectivity index (χ2v) is 6.33. The lowest BCUT2D eigenvalue weighted by Crippen LogP contribution is -2.45. The van der Waals surface area contributed by atoms with Gasteiger partial charge in [-0.1, -0.05) is 12.1 Å². The van der Waals surface area contributed by atoms with Crippen LogP contribution in [0.15, 0.2) is 23.2 Å². The van der Waals surface area contributed by atoms with Gasteiger partial charge in [0.25, 0.3) is 0 Å². The summed E-state index contributed by atoms with van der Waals surface area (Å²) in [6, 6.07) is 5.49. The first-order valence-electron chi connectivity index (χ1n) is 8.90. The fourth-order valence-corrected chi connectivity index (χ4v) is 3.10. The summed E-state index contributed by atoms with van der Waals surface area (Å²) in [5.41, 5.74) is 0.860. The molecule has 0 saturated carbocycles. The molecule has 6 nitrogen and oxygen atoms in total. The lowest BCUT2D eigenvalue weighted by Gasteiger charge is -2.20. The minimum atomic E-state index is -4.17. The van der Waals surface area contributed by atoms with E-state index in [0.29, 0.717) is 50.1 Å². The number of nitrogens with one attached hydrogen (secondary N) is 2. The van der Waals surface area contributed by atoms with Crippen LogP contribution in [-0.4, -0.2) is 63.5 Å². The first-order valence-corrected chi connectivity index (χ1v) is 8.90. The normalized spacial score (nSPS) is 17.8. The zero-order valence-electron chi connectivity index (χ0n) is 16.3. The highest BCUT2D eigenvalue weighted by Gasteiger charge is 2.34. The maximum atomic E-state index is 12.5. The highest BCUT2D eigenvalue weighted by molar-refractivity contribution is 14.0. The predicted octanol–water partition coefficient (Wildman–Crippen LogP) is 3.01. The molecule has 1 aromatic rings. The molecule has 1 atom stereocenters. The van der Waals surface area contributed by atoms with Crippen molar-refractivity contribution in [2.45, 2.75) is 32.1 Å². The number of rotatable bonds is 7. The number of halogens is 4. The molecule has 2 N–H and O–H groups in total. The van der Waals surface area contributed by atoms with E-state index in [2.05, 4.69) is 15.6 Å². The zero-order valence-corrected chi connectivity index (χ0v) is 18.6. The fraction of sp³-hybridized carbons (Fsp3) is 0.611. The minimum Gasteiger partial charge on any atom is -0.493 e. The van der Waals surface area contributed by atoms with Gasteiger partial charge in [0.2, 0.25) is 0 Å². The molecule has 28 heavy (non-hydrogen) atoms. The Kier molecular flexibility index (Phi) is 10.1. The van der Waals surface area contributed by atoms with E-state index in [4.69, 9.17) is 9.47 Å². The van der Waals surface area contributed by atoms with Crippen LogP contribution in [0, 0.1) is 0 Å². The number of hydrogen-bond acceptors (Lipinski definition) is 4. The number of nitrogens with zero attached hydrogens (tertiary/aromatic N) is 2. The third-order valence-corrected chi connectivity index (χ3v) is 4.25. The zero-order chi connectivity index (χ0) is 19.9. The Morgan fingerprint density at radius 1 is 1.29 bits per heavy atom. The quantitative estimate of drug-likeness (QED) is 0.332. The Morgan fingerprint density at radius 3 is 2.64 bits per heavy atom. The van der Waals surface area contributed by atoms with E-state index in [1.807, 2.05) is 25.1 Å². The second kappa shape index (κ2) is 11.5. The number of alkyl halides is 3. The average Bonchev–Trinajstić information content (AvgIpc) is 3.04. The molecule has 160 valence electrons. The van der Waals surface area contributed by atoms with Crippen LogP contribution in [-0.2, 0) is 6.54 Å². The predicted molar refractivity (Wildman–Crippen MR) is 114 cm³/mol. The summed E-state index contributed by atoms with van der Waals surface area (Å²) >= 11 is 0. The van der Waals surface area contributed by atoms with Crippen molar-refractivity contribution in [3.05, 3.63) is 23.8 Å². The van der Waals surface area contributed by atoms with Gasteiger partial charge in [-0.25, -0.2) is 4.99 Å². The molecular formula is C18H28F3IN4O2. The molecule has 1 aromatic carbocycles. The highest BCUT2D eigenvalue weighted by atomic mass is 127. The van der Waals surface area contributed by atoms with Crippen LogP contribution < -0.4 is 20.1 Å². The van der Waals surface area contributed by atoms with E-state index in [0.717, 1.165) is 5.56 Å². The van der Waals surface area contributed by atoms with Gasteiger partial charge in [-0.2, -0.15) is 13.2 Å². The maximum Gasteiger partial charge on any atom is 0.401 e. The molecule has 1 saturated heterocycles. The molecule has 10 heteroatoms. The van der Waals surface area contributed by atoms with Crippen molar-refractivity contribution in [1.82, 2.24) is 15.5 Å². The summed E-state index contributed by atoms with van der Waals surface area (Å²) < 4.78 is 48.3. The van der Waals surface area contributed by atoms with Crippen molar-refractivity contribution < 1.29 is 22.6 Å². The smallest absolute Gasteiger partial charge is 0.401 e. The van der Waals surface area contributed by atoms with Crippen molar-refractivity contribution in [2.24, 2.45) is 4.99 Å². The average molecular weight is 516 g/mol. The van der Waals surface area contributed by atoms with Crippen molar-refractivity contribution in [3.8, 4) is 11.5 Å². The number of para-hydroxylation sites is 1. The van der Waals surface area contributed by atoms with Crippen LogP contribution in [0.4, 0.5) is 13.2 Å². The van der Waals surface area contributed by atoms with E-state index in [9.17, 15) is 13.2 Å². The molecule has 0 amide bonds. The number of aliphatic imine (C=N–C) groups is 1. The van der Waals surface area contributed by atoms with Gasteiger partial charge in [0.1, 0.15) is 0 Å². The third kappa shape index (κ3) is 7.53. The monoisotopic (exact) mass is 516 g/mol. The number of methoxy groups -OCH3 is 2. The molecule has 0 spiro atoms. The number of hydrogen-bond donors (Lipinski definition) is 2. The molecule has 1 unspecified atom stereocenters. The topological polar surface area (TPSA) is 58.1 Å². The Balaban J connectivity index is 0.00000392. The molecule has 0 radical (unpaired) electrons. The van der Waals surface area contributed by atoms with Crippen molar-refractivity contribution >= 4 is 29.9 Å². The van der Waals surface area contributed by atoms with E-state index in [-0.39, 0.29) is 30.0 Å². The standard InChI is InChI=1S/C18H27F3N4O2.HI/c1-4-22-17(24-14-8-9-25(11-14)12-18(19,20)21)23-10-13-6-5-7-15(26-2)16(13)27-3;/h5-7,14H,4,8-12H2,1-3H3,(H2,22,23,24);1H. The molecule has 0 aliphatic carbocycles. The van der Waals surface area contributed by atoms with Crippen molar-refractivity contribution in [3.63, 3.8) is 0 Å². The highest BCUT2D eigenvalue weighted by Crippen LogP contribution is 2.31. The molecule has 1 aliphatic rings. The van der Waals surface area contributed by atoms with Crippen molar-refractivity contribution in [2.75, 3.05) is 40.4 Å². The molecule has 0 aromatic heterocycles. The van der Waals surface area contributed by atoms with Crippen molar-refractivity contribution in [1.29, 1.82) is 0 Å². The minimum absolute atomic E-state index is 0. The van der Waals surface area contributed by atoms with Gasteiger partial charge in [0, 0.05) is 31.2 Å². The van der Waals surface area contributed by atoms with Gasteiger partial charge in [0.15, 0.2) is 17.5 Å². The lowest BCUT2D eigenvalue weighted by molar-refractivity contribution is -0.143. The Labute approximate surface area is 180 Å². The van der Waals surface area contributed by atoms with Crippen LogP contribution in [0.1, 0.15) is 18.9 Å². The largest absolute Gasteiger partial charge is 0.493 e. The van der Waals surface area contributed by atoms with Gasteiger partial charge >= 0.3 is 6.18 Å². The Hall–Kier alpha value is -1.43. The molecule has 1 heterocycles. The van der Waals surface area contributed by atoms with Crippen LogP contribution in [0.3, 0.4) is 0 Å². The summed E-state index contributed by atoms with van der Waals surface area (Å²) in [6.07, 6.45) is -3.53. The first-order chi connectivity index (χ1) is 12.9. The maximum absolute atomic E-state index is 12.5. The van der Waals surface area contributed by atoms with Gasteiger partial charge in [-0.3, -0.25) is 4.90 Å². The molecule has 1 fully saturated rings. The molecule has 2 rings (SSSR count). The molecule has 0 bridgehead atoms. The van der Waals surface area contributed by atoms with E-state index in [1.165, 1.54) is 4.90 Å². The van der Waals surface area contributed by atoms with Gasteiger partial charge in [0.05, 0.1) is 27.3 Å². The van der Waals surface area contributed by atoms with Crippen LogP contribution in [0.5, 0.6) is 11.5 Å². The molecular weight excluding hydrogens is 488 g/mol. The lowest BCUT2D eigenvalue weighted by atomic mass is 10.2. The number of ether oxygens (including phenoxy) is 2. The first kappa shape index (κ1) is 24.6. The van der Waals surface area contributed by atoms with E-state index >= 15 is 0 Å². The van der Waals surface area contributed by atoms with Crippen LogP contribution in [0.2, 0.25) is 0 Å². The van der Waals surface area contributed by atoms with Crippen LogP contribution in [0.25, 0.3) is 0 Å². The van der Waals surface area contributed by atoms with E-state index in [1.54, 1.807) is 14.2 Å². The number of guanidine groups is 1. The third-order valence-electron chi connectivity index (χ3n) is 4.25. The van der Waals surface area contributed by atoms with Crippen LogP contribution >= 0.6 is 24.0 Å². The number of benzene rings is 1. The van der Waals surface area contributed by atoms with Gasteiger partial charge in [-0.15, -0.1) is 24.0 Å². The Morgan fingerprint density at radius 2 is 2.04 bits per heavy atom. The fourth-order valence-electron chi connectivity index (χ4n) is 3.10. The summed E-state index contributed by atoms with van der Waals surface area (Å²) in [7, 11) is 3.14. The summed E-state index contributed by atoms with van der Waals surface area (Å²) in [5.74, 6) is 1.82. The second-order valence-electron chi connectivity index (χ2n) is 6.33. The molecule has 1 aliphatic heterocycles. The van der Waals surface area contributed by atoms with E-state index < -0.39 is 12.7 Å².